The Balaban J connectivity index is 1.86. The van der Waals surface area contributed by atoms with Gasteiger partial charge in [0, 0.05) is 24.2 Å². The molecule has 0 aliphatic heterocycles. The van der Waals surface area contributed by atoms with Gasteiger partial charge in [-0.15, -0.1) is 0 Å². The molecule has 0 spiro atoms. The first kappa shape index (κ1) is 18.9. The Labute approximate surface area is 161 Å². The van der Waals surface area contributed by atoms with E-state index in [4.69, 9.17) is 9.47 Å². The third-order valence-electron chi connectivity index (χ3n) is 4.02. The zero-order chi connectivity index (χ0) is 19.9. The highest BCUT2D eigenvalue weighted by Crippen LogP contribution is 2.29. The van der Waals surface area contributed by atoms with Gasteiger partial charge in [0.25, 0.3) is 11.6 Å². The van der Waals surface area contributed by atoms with Crippen molar-refractivity contribution in [2.24, 2.45) is 0 Å². The topological polar surface area (TPSA) is 90.7 Å². The van der Waals surface area contributed by atoms with Crippen LogP contribution in [0.5, 0.6) is 17.2 Å². The van der Waals surface area contributed by atoms with E-state index in [0.717, 1.165) is 5.56 Å². The number of carbonyl (C=O) groups is 1. The monoisotopic (exact) mass is 378 g/mol. The molecule has 1 N–H and O–H groups in total. The zero-order valence-corrected chi connectivity index (χ0v) is 15.1. The minimum absolute atomic E-state index is 0.0768. The first-order valence-corrected chi connectivity index (χ1v) is 8.50. The lowest BCUT2D eigenvalue weighted by molar-refractivity contribution is -0.384. The van der Waals surface area contributed by atoms with Crippen LogP contribution in [0, 0.1) is 10.1 Å². The standard InChI is InChI=1S/C21H18N2O5/c1-27-19-10-6-5-7-15(19)14-22-21(24)18-13-16(23(25)26)11-12-20(18)28-17-8-3-2-4-9-17/h2-13H,14H2,1H3,(H,22,24). The van der Waals surface area contributed by atoms with Gasteiger partial charge in [0.2, 0.25) is 0 Å². The van der Waals surface area contributed by atoms with Crippen molar-refractivity contribution in [3.63, 3.8) is 0 Å². The molecule has 3 rings (SSSR count). The largest absolute Gasteiger partial charge is 0.496 e. The van der Waals surface area contributed by atoms with Crippen molar-refractivity contribution in [3.8, 4) is 17.2 Å². The average molecular weight is 378 g/mol. The number of nitrogens with zero attached hydrogens (tertiary/aromatic N) is 1. The van der Waals surface area contributed by atoms with Gasteiger partial charge in [0.1, 0.15) is 17.2 Å². The van der Waals surface area contributed by atoms with Gasteiger partial charge in [-0.3, -0.25) is 14.9 Å². The van der Waals surface area contributed by atoms with Crippen LogP contribution in [-0.2, 0) is 6.54 Å². The van der Waals surface area contributed by atoms with Crippen LogP contribution in [0.2, 0.25) is 0 Å². The van der Waals surface area contributed by atoms with Crippen LogP contribution in [0.4, 0.5) is 5.69 Å². The summed E-state index contributed by atoms with van der Waals surface area (Å²) in [5.41, 5.74) is 0.671. The van der Waals surface area contributed by atoms with Gasteiger partial charge in [-0.25, -0.2) is 0 Å². The predicted octanol–water partition coefficient (Wildman–Crippen LogP) is 4.33. The van der Waals surface area contributed by atoms with Crippen LogP contribution in [0.15, 0.2) is 72.8 Å². The van der Waals surface area contributed by atoms with Crippen molar-refractivity contribution >= 4 is 11.6 Å². The molecule has 7 nitrogen and oxygen atoms in total. The lowest BCUT2D eigenvalue weighted by Gasteiger charge is -2.13. The number of nitro benzene ring substituents is 1. The van der Waals surface area contributed by atoms with E-state index in [9.17, 15) is 14.9 Å². The number of nitrogens with one attached hydrogen (secondary N) is 1. The predicted molar refractivity (Wildman–Crippen MR) is 104 cm³/mol. The number of amides is 1. The molecule has 3 aromatic carbocycles. The van der Waals surface area contributed by atoms with Gasteiger partial charge in [-0.05, 0) is 24.3 Å². The number of hydrogen-bond donors (Lipinski definition) is 1. The summed E-state index contributed by atoms with van der Waals surface area (Å²) >= 11 is 0. The van der Waals surface area contributed by atoms with Crippen molar-refractivity contribution in [1.82, 2.24) is 5.32 Å². The second-order valence-corrected chi connectivity index (χ2v) is 5.85. The molecule has 0 saturated carbocycles. The number of methoxy groups -OCH3 is 1. The number of carbonyl (C=O) groups excluding carboxylic acids is 1. The molecule has 7 heteroatoms. The molecule has 28 heavy (non-hydrogen) atoms. The van der Waals surface area contributed by atoms with E-state index >= 15 is 0 Å². The first-order valence-electron chi connectivity index (χ1n) is 8.50. The Bertz CT molecular complexity index is 989. The molecule has 1 amide bonds. The van der Waals surface area contributed by atoms with E-state index in [1.165, 1.54) is 18.2 Å². The molecule has 0 saturated heterocycles. The van der Waals surface area contributed by atoms with E-state index in [1.54, 1.807) is 37.4 Å². The maximum Gasteiger partial charge on any atom is 0.270 e. The fourth-order valence-corrected chi connectivity index (χ4v) is 2.63. The van der Waals surface area contributed by atoms with Crippen LogP contribution in [0.25, 0.3) is 0 Å². The van der Waals surface area contributed by atoms with E-state index in [1.807, 2.05) is 24.3 Å². The van der Waals surface area contributed by atoms with Gasteiger partial charge in [0.05, 0.1) is 17.6 Å². The van der Waals surface area contributed by atoms with E-state index in [2.05, 4.69) is 5.32 Å². The third-order valence-corrected chi connectivity index (χ3v) is 4.02. The fraction of sp³-hybridized carbons (Fsp3) is 0.0952. The molecule has 0 aliphatic rings. The Morgan fingerprint density at radius 1 is 1.00 bits per heavy atom. The summed E-state index contributed by atoms with van der Waals surface area (Å²) in [6, 6.07) is 20.1. The molecule has 0 bridgehead atoms. The summed E-state index contributed by atoms with van der Waals surface area (Å²) in [6.07, 6.45) is 0. The molecular weight excluding hydrogens is 360 g/mol. The van der Waals surface area contributed by atoms with Crippen molar-refractivity contribution in [2.75, 3.05) is 7.11 Å². The number of hydrogen-bond acceptors (Lipinski definition) is 5. The van der Waals surface area contributed by atoms with Gasteiger partial charge < -0.3 is 14.8 Å². The number of para-hydroxylation sites is 2. The molecule has 0 unspecified atom stereocenters. The highest BCUT2D eigenvalue weighted by molar-refractivity contribution is 5.97. The van der Waals surface area contributed by atoms with E-state index in [0.29, 0.717) is 11.5 Å². The minimum atomic E-state index is -0.552. The first-order chi connectivity index (χ1) is 13.6. The summed E-state index contributed by atoms with van der Waals surface area (Å²) in [7, 11) is 1.55. The SMILES string of the molecule is COc1ccccc1CNC(=O)c1cc([N+](=O)[O-])ccc1Oc1ccccc1. The quantitative estimate of drug-likeness (QED) is 0.488. The smallest absolute Gasteiger partial charge is 0.270 e. The normalized spacial score (nSPS) is 10.2. The summed E-state index contributed by atoms with van der Waals surface area (Å²) in [4.78, 5) is 23.3. The second-order valence-electron chi connectivity index (χ2n) is 5.85. The molecule has 142 valence electrons. The molecule has 0 atom stereocenters. The molecule has 0 aliphatic carbocycles. The van der Waals surface area contributed by atoms with Gasteiger partial charge in [0.15, 0.2) is 0 Å². The van der Waals surface area contributed by atoms with Crippen molar-refractivity contribution < 1.29 is 19.2 Å². The fourth-order valence-electron chi connectivity index (χ4n) is 2.63. The maximum atomic E-state index is 12.7. The van der Waals surface area contributed by atoms with Crippen molar-refractivity contribution in [3.05, 3.63) is 94.0 Å². The van der Waals surface area contributed by atoms with Crippen LogP contribution in [0.3, 0.4) is 0 Å². The number of non-ortho nitro benzene ring substituents is 1. The summed E-state index contributed by atoms with van der Waals surface area (Å²) in [6.45, 7) is 0.205. The lowest BCUT2D eigenvalue weighted by Crippen LogP contribution is -2.23. The van der Waals surface area contributed by atoms with E-state index < -0.39 is 10.8 Å². The van der Waals surface area contributed by atoms with Gasteiger partial charge >= 0.3 is 0 Å². The number of ether oxygens (including phenoxy) is 2. The van der Waals surface area contributed by atoms with Gasteiger partial charge in [-0.2, -0.15) is 0 Å². The van der Waals surface area contributed by atoms with Crippen LogP contribution in [-0.4, -0.2) is 17.9 Å². The summed E-state index contributed by atoms with van der Waals surface area (Å²) in [5.74, 6) is 0.910. The second kappa shape index (κ2) is 8.68. The Kier molecular flexibility index (Phi) is 5.86. The third kappa shape index (κ3) is 4.45. The number of nitro groups is 1. The van der Waals surface area contributed by atoms with Gasteiger partial charge in [-0.1, -0.05) is 36.4 Å². The summed E-state index contributed by atoms with van der Waals surface area (Å²) < 4.78 is 11.0. The average Bonchev–Trinajstić information content (AvgIpc) is 2.73. The van der Waals surface area contributed by atoms with Crippen molar-refractivity contribution in [1.29, 1.82) is 0 Å². The Morgan fingerprint density at radius 2 is 1.71 bits per heavy atom. The molecule has 0 aromatic heterocycles. The molecule has 0 fully saturated rings. The Morgan fingerprint density at radius 3 is 2.43 bits per heavy atom. The zero-order valence-electron chi connectivity index (χ0n) is 15.1. The van der Waals surface area contributed by atoms with Crippen LogP contribution < -0.4 is 14.8 Å². The molecule has 3 aromatic rings. The Hall–Kier alpha value is -3.87. The van der Waals surface area contributed by atoms with E-state index in [-0.39, 0.29) is 23.5 Å². The maximum absolute atomic E-state index is 12.7. The van der Waals surface area contributed by atoms with Crippen molar-refractivity contribution in [2.45, 2.75) is 6.54 Å². The number of benzene rings is 3. The molecule has 0 radical (unpaired) electrons. The highest BCUT2D eigenvalue weighted by atomic mass is 16.6. The lowest BCUT2D eigenvalue weighted by atomic mass is 10.1. The molecule has 0 heterocycles. The molecular formula is C21H18N2O5. The van der Waals surface area contributed by atoms with Crippen LogP contribution >= 0.6 is 0 Å². The highest BCUT2D eigenvalue weighted by Gasteiger charge is 2.19. The summed E-state index contributed by atoms with van der Waals surface area (Å²) in [5, 5.41) is 13.9. The number of rotatable bonds is 7. The van der Waals surface area contributed by atoms with Crippen LogP contribution in [0.1, 0.15) is 15.9 Å². The minimum Gasteiger partial charge on any atom is -0.496 e.